The van der Waals surface area contributed by atoms with E-state index in [9.17, 15) is 13.2 Å². The fourth-order valence-corrected chi connectivity index (χ4v) is 3.17. The number of carboxylic acids is 1. The molecule has 0 radical (unpaired) electrons. The average Bonchev–Trinajstić information content (AvgIpc) is 2.36. The quantitative estimate of drug-likeness (QED) is 0.769. The molecule has 20 heavy (non-hydrogen) atoms. The van der Waals surface area contributed by atoms with Crippen molar-refractivity contribution >= 4 is 16.0 Å². The summed E-state index contributed by atoms with van der Waals surface area (Å²) >= 11 is 0. The lowest BCUT2D eigenvalue weighted by molar-refractivity contribution is -0.139. The van der Waals surface area contributed by atoms with Gasteiger partial charge in [-0.15, -0.1) is 0 Å². The van der Waals surface area contributed by atoms with Gasteiger partial charge in [0.05, 0.1) is 5.75 Å². The number of hydrogen-bond donors (Lipinski definition) is 2. The van der Waals surface area contributed by atoms with Crippen LogP contribution in [0, 0.1) is 6.92 Å². The number of unbranched alkanes of at least 4 members (excludes halogenated alkanes) is 1. The first kappa shape index (κ1) is 16.7. The maximum absolute atomic E-state index is 12.0. The Kier molecular flexibility index (Phi) is 6.16. The van der Waals surface area contributed by atoms with Gasteiger partial charge in [-0.05, 0) is 18.9 Å². The third-order valence-corrected chi connectivity index (χ3v) is 4.30. The summed E-state index contributed by atoms with van der Waals surface area (Å²) in [5, 5.41) is 9.04. The Balaban J connectivity index is 2.72. The van der Waals surface area contributed by atoms with Crippen LogP contribution in [0.25, 0.3) is 0 Å². The van der Waals surface area contributed by atoms with E-state index >= 15 is 0 Å². The summed E-state index contributed by atoms with van der Waals surface area (Å²) in [7, 11) is -3.65. The smallest absolute Gasteiger partial charge is 0.321 e. The zero-order chi connectivity index (χ0) is 15.2. The van der Waals surface area contributed by atoms with Gasteiger partial charge in [0.2, 0.25) is 10.0 Å². The zero-order valence-corrected chi connectivity index (χ0v) is 12.6. The number of aliphatic carboxylic acids is 1. The predicted molar refractivity (Wildman–Crippen MR) is 77.9 cm³/mol. The minimum absolute atomic E-state index is 0.205. The molecule has 0 aromatic heterocycles. The molecule has 0 aliphatic carbocycles. The number of sulfonamides is 1. The van der Waals surface area contributed by atoms with E-state index in [-0.39, 0.29) is 5.75 Å². The SMILES string of the molecule is CCCC[C@H](NS(=O)(=O)Cc1ccc(C)cc1)C(=O)O. The summed E-state index contributed by atoms with van der Waals surface area (Å²) in [6, 6.07) is 6.07. The second-order valence-corrected chi connectivity index (χ2v) is 6.65. The summed E-state index contributed by atoms with van der Waals surface area (Å²) < 4.78 is 26.2. The van der Waals surface area contributed by atoms with Crippen molar-refractivity contribution in [3.63, 3.8) is 0 Å². The van der Waals surface area contributed by atoms with Crippen LogP contribution in [0.5, 0.6) is 0 Å². The number of nitrogens with one attached hydrogen (secondary N) is 1. The van der Waals surface area contributed by atoms with Crippen LogP contribution in [-0.2, 0) is 20.6 Å². The van der Waals surface area contributed by atoms with Crippen molar-refractivity contribution in [1.29, 1.82) is 0 Å². The number of benzene rings is 1. The Morgan fingerprint density at radius 3 is 2.40 bits per heavy atom. The molecule has 0 fully saturated rings. The molecule has 5 nitrogen and oxygen atoms in total. The molecule has 0 aliphatic rings. The van der Waals surface area contributed by atoms with Crippen molar-refractivity contribution < 1.29 is 18.3 Å². The van der Waals surface area contributed by atoms with Crippen LogP contribution in [0.1, 0.15) is 37.3 Å². The van der Waals surface area contributed by atoms with Crippen LogP contribution in [0.4, 0.5) is 0 Å². The Morgan fingerprint density at radius 2 is 1.90 bits per heavy atom. The first-order chi connectivity index (χ1) is 9.34. The van der Waals surface area contributed by atoms with E-state index in [1.54, 1.807) is 12.1 Å². The zero-order valence-electron chi connectivity index (χ0n) is 11.8. The fourth-order valence-electron chi connectivity index (χ4n) is 1.80. The van der Waals surface area contributed by atoms with Gasteiger partial charge >= 0.3 is 5.97 Å². The lowest BCUT2D eigenvalue weighted by atomic mass is 10.1. The van der Waals surface area contributed by atoms with E-state index in [1.807, 2.05) is 26.0 Å². The number of aryl methyl sites for hydroxylation is 1. The minimum Gasteiger partial charge on any atom is -0.480 e. The molecule has 0 amide bonds. The Hall–Kier alpha value is -1.40. The van der Waals surface area contributed by atoms with Gasteiger partial charge in [0, 0.05) is 0 Å². The first-order valence-electron chi connectivity index (χ1n) is 6.62. The van der Waals surface area contributed by atoms with Crippen LogP contribution in [0.3, 0.4) is 0 Å². The van der Waals surface area contributed by atoms with Crippen LogP contribution >= 0.6 is 0 Å². The summed E-state index contributed by atoms with van der Waals surface area (Å²) in [5.74, 6) is -1.34. The van der Waals surface area contributed by atoms with Crippen molar-refractivity contribution in [2.75, 3.05) is 0 Å². The molecule has 0 saturated heterocycles. The van der Waals surface area contributed by atoms with Crippen LogP contribution in [0.15, 0.2) is 24.3 Å². The van der Waals surface area contributed by atoms with Crippen LogP contribution in [0.2, 0.25) is 0 Å². The lowest BCUT2D eigenvalue weighted by Crippen LogP contribution is -2.41. The number of carboxylic acid groups (broad SMARTS) is 1. The van der Waals surface area contributed by atoms with E-state index in [0.717, 1.165) is 12.0 Å². The summed E-state index contributed by atoms with van der Waals surface area (Å²) in [6.07, 6.45) is 1.80. The topological polar surface area (TPSA) is 83.5 Å². The molecule has 0 saturated carbocycles. The summed E-state index contributed by atoms with van der Waals surface area (Å²) in [4.78, 5) is 11.1. The van der Waals surface area contributed by atoms with Crippen LogP contribution < -0.4 is 4.72 Å². The Morgan fingerprint density at radius 1 is 1.30 bits per heavy atom. The lowest BCUT2D eigenvalue weighted by Gasteiger charge is -2.14. The molecule has 0 bridgehead atoms. The van der Waals surface area contributed by atoms with Gasteiger partial charge in [-0.1, -0.05) is 49.6 Å². The van der Waals surface area contributed by atoms with Gasteiger partial charge in [-0.2, -0.15) is 0 Å². The molecule has 0 spiro atoms. The fraction of sp³-hybridized carbons (Fsp3) is 0.500. The van der Waals surface area contributed by atoms with Crippen molar-refractivity contribution in [3.8, 4) is 0 Å². The Labute approximate surface area is 120 Å². The van der Waals surface area contributed by atoms with Gasteiger partial charge in [0.15, 0.2) is 0 Å². The molecule has 1 aromatic carbocycles. The molecule has 0 heterocycles. The second kappa shape index (κ2) is 7.40. The largest absolute Gasteiger partial charge is 0.480 e. The first-order valence-corrected chi connectivity index (χ1v) is 8.27. The average molecular weight is 299 g/mol. The van der Waals surface area contributed by atoms with E-state index in [0.29, 0.717) is 18.4 Å². The molecule has 6 heteroatoms. The van der Waals surface area contributed by atoms with Gasteiger partial charge < -0.3 is 5.11 Å². The molecule has 112 valence electrons. The Bertz CT molecular complexity index is 537. The van der Waals surface area contributed by atoms with Crippen molar-refractivity contribution in [1.82, 2.24) is 4.72 Å². The molecule has 0 unspecified atom stereocenters. The number of hydrogen-bond acceptors (Lipinski definition) is 3. The molecule has 1 aromatic rings. The highest BCUT2D eigenvalue weighted by Crippen LogP contribution is 2.09. The highest BCUT2D eigenvalue weighted by Gasteiger charge is 2.23. The van der Waals surface area contributed by atoms with Crippen molar-refractivity contribution in [2.45, 2.75) is 44.9 Å². The van der Waals surface area contributed by atoms with Gasteiger partial charge in [-0.3, -0.25) is 4.79 Å². The number of rotatable bonds is 8. The van der Waals surface area contributed by atoms with Crippen LogP contribution in [-0.4, -0.2) is 25.5 Å². The highest BCUT2D eigenvalue weighted by atomic mass is 32.2. The third kappa shape index (κ3) is 5.71. The normalized spacial score (nSPS) is 13.1. The second-order valence-electron chi connectivity index (χ2n) is 4.90. The van der Waals surface area contributed by atoms with E-state index in [2.05, 4.69) is 4.72 Å². The maximum Gasteiger partial charge on any atom is 0.321 e. The summed E-state index contributed by atoms with van der Waals surface area (Å²) in [5.41, 5.74) is 1.69. The van der Waals surface area contributed by atoms with Crippen molar-refractivity contribution in [2.24, 2.45) is 0 Å². The number of carbonyl (C=O) groups is 1. The summed E-state index contributed by atoms with van der Waals surface area (Å²) in [6.45, 7) is 3.85. The molecule has 1 rings (SSSR count). The monoisotopic (exact) mass is 299 g/mol. The van der Waals surface area contributed by atoms with E-state index < -0.39 is 22.0 Å². The maximum atomic E-state index is 12.0. The molecular weight excluding hydrogens is 278 g/mol. The molecule has 2 N–H and O–H groups in total. The highest BCUT2D eigenvalue weighted by molar-refractivity contribution is 7.88. The third-order valence-electron chi connectivity index (χ3n) is 2.94. The van der Waals surface area contributed by atoms with Gasteiger partial charge in [-0.25, -0.2) is 13.1 Å². The van der Waals surface area contributed by atoms with E-state index in [4.69, 9.17) is 5.11 Å². The van der Waals surface area contributed by atoms with Crippen molar-refractivity contribution in [3.05, 3.63) is 35.4 Å². The van der Waals surface area contributed by atoms with E-state index in [1.165, 1.54) is 0 Å². The molecule has 0 aliphatic heterocycles. The van der Waals surface area contributed by atoms with Gasteiger partial charge in [0.1, 0.15) is 6.04 Å². The molecular formula is C14H21NO4S. The standard InChI is InChI=1S/C14H21NO4S/c1-3-4-5-13(14(16)17)15-20(18,19)10-12-8-6-11(2)7-9-12/h6-9,13,15H,3-5,10H2,1-2H3,(H,16,17)/t13-/m0/s1. The minimum atomic E-state index is -3.65. The predicted octanol–water partition coefficient (Wildman–Crippen LogP) is 2.06. The molecule has 1 atom stereocenters. The van der Waals surface area contributed by atoms with Gasteiger partial charge in [0.25, 0.3) is 0 Å².